The van der Waals surface area contributed by atoms with E-state index in [0.717, 1.165) is 30.5 Å². The SMILES string of the molecule is O=C1C2CCCC1CC(C(=O)N(C/C=C/c1ccccc1)c1ccc3c(c1)OCCO3)C2. The summed E-state index contributed by atoms with van der Waals surface area (Å²) in [6.07, 6.45) is 8.38. The number of fused-ring (bicyclic) bond motifs is 3. The molecule has 2 aliphatic carbocycles. The van der Waals surface area contributed by atoms with Gasteiger partial charge < -0.3 is 14.4 Å². The van der Waals surface area contributed by atoms with Crippen molar-refractivity contribution in [2.24, 2.45) is 17.8 Å². The molecule has 2 saturated carbocycles. The predicted molar refractivity (Wildman–Crippen MR) is 124 cm³/mol. The highest BCUT2D eigenvalue weighted by Gasteiger charge is 2.42. The van der Waals surface area contributed by atoms with Gasteiger partial charge in [0.25, 0.3) is 0 Å². The molecule has 5 heteroatoms. The van der Waals surface area contributed by atoms with Crippen molar-refractivity contribution in [2.75, 3.05) is 24.7 Å². The number of ketones is 1. The lowest BCUT2D eigenvalue weighted by Crippen LogP contribution is -2.44. The van der Waals surface area contributed by atoms with Crippen LogP contribution in [0.25, 0.3) is 6.08 Å². The summed E-state index contributed by atoms with van der Waals surface area (Å²) < 4.78 is 11.4. The van der Waals surface area contributed by atoms with Crippen LogP contribution in [0.4, 0.5) is 5.69 Å². The third-order valence-corrected chi connectivity index (χ3v) is 6.90. The van der Waals surface area contributed by atoms with Gasteiger partial charge in [-0.2, -0.15) is 0 Å². The molecule has 0 aromatic heterocycles. The standard InChI is InChI=1S/C27H29NO4/c29-26-20-9-4-10-21(26)17-22(16-20)27(30)28(13-5-8-19-6-2-1-3-7-19)23-11-12-24-25(18-23)32-15-14-31-24/h1-3,5-8,11-12,18,20-22H,4,9-10,13-17H2/b8-5+. The lowest BCUT2D eigenvalue weighted by Gasteiger charge is -2.38. The molecule has 0 N–H and O–H groups in total. The minimum atomic E-state index is -0.110. The number of ether oxygens (including phenoxy) is 2. The van der Waals surface area contributed by atoms with E-state index >= 15 is 0 Å². The Morgan fingerprint density at radius 1 is 0.969 bits per heavy atom. The molecule has 1 heterocycles. The molecule has 2 aromatic carbocycles. The molecule has 2 bridgehead atoms. The van der Waals surface area contributed by atoms with Crippen molar-refractivity contribution in [3.05, 3.63) is 60.2 Å². The van der Waals surface area contributed by atoms with E-state index < -0.39 is 0 Å². The maximum Gasteiger partial charge on any atom is 0.230 e. The topological polar surface area (TPSA) is 55.8 Å². The van der Waals surface area contributed by atoms with Crippen molar-refractivity contribution in [2.45, 2.75) is 32.1 Å². The minimum Gasteiger partial charge on any atom is -0.486 e. The Labute approximate surface area is 189 Å². The zero-order valence-electron chi connectivity index (χ0n) is 18.2. The molecule has 0 saturated heterocycles. The summed E-state index contributed by atoms with van der Waals surface area (Å²) in [6, 6.07) is 15.8. The molecule has 5 rings (SSSR count). The van der Waals surface area contributed by atoms with Crippen molar-refractivity contribution in [3.63, 3.8) is 0 Å². The first-order valence-corrected chi connectivity index (χ1v) is 11.7. The first kappa shape index (κ1) is 20.8. The van der Waals surface area contributed by atoms with Gasteiger partial charge in [-0.15, -0.1) is 0 Å². The first-order chi connectivity index (χ1) is 15.7. The molecule has 3 aliphatic rings. The Kier molecular flexibility index (Phi) is 5.97. The van der Waals surface area contributed by atoms with Crippen LogP contribution in [0.5, 0.6) is 11.5 Å². The fraction of sp³-hybridized carbons (Fsp3) is 0.407. The fourth-order valence-corrected chi connectivity index (χ4v) is 5.28. The number of carbonyl (C=O) groups excluding carboxylic acids is 2. The normalized spacial score (nSPS) is 24.4. The van der Waals surface area contributed by atoms with Gasteiger partial charge in [-0.1, -0.05) is 48.9 Å². The predicted octanol–water partition coefficient (Wildman–Crippen LogP) is 4.90. The Balaban J connectivity index is 1.40. The largest absolute Gasteiger partial charge is 0.486 e. The zero-order chi connectivity index (χ0) is 21.9. The quantitative estimate of drug-likeness (QED) is 0.676. The van der Waals surface area contributed by atoms with E-state index in [-0.39, 0.29) is 23.7 Å². The van der Waals surface area contributed by atoms with E-state index in [0.29, 0.717) is 49.9 Å². The molecule has 0 spiro atoms. The molecule has 32 heavy (non-hydrogen) atoms. The molecule has 2 fully saturated rings. The van der Waals surface area contributed by atoms with Gasteiger partial charge >= 0.3 is 0 Å². The molecule has 1 amide bonds. The second-order valence-electron chi connectivity index (χ2n) is 8.99. The summed E-state index contributed by atoms with van der Waals surface area (Å²) >= 11 is 0. The lowest BCUT2D eigenvalue weighted by molar-refractivity contribution is -0.136. The average molecular weight is 432 g/mol. The molecular weight excluding hydrogens is 402 g/mol. The van der Waals surface area contributed by atoms with E-state index in [9.17, 15) is 9.59 Å². The molecule has 2 unspecified atom stereocenters. The number of hydrogen-bond acceptors (Lipinski definition) is 4. The molecule has 5 nitrogen and oxygen atoms in total. The molecule has 2 atom stereocenters. The van der Waals surface area contributed by atoms with E-state index in [1.807, 2.05) is 65.6 Å². The summed E-state index contributed by atoms with van der Waals surface area (Å²) in [5.74, 6) is 1.87. The number of carbonyl (C=O) groups is 2. The van der Waals surface area contributed by atoms with Crippen LogP contribution in [-0.2, 0) is 9.59 Å². The summed E-state index contributed by atoms with van der Waals surface area (Å²) in [5, 5.41) is 0. The van der Waals surface area contributed by atoms with Crippen molar-refractivity contribution in [3.8, 4) is 11.5 Å². The van der Waals surface area contributed by atoms with Gasteiger partial charge in [0, 0.05) is 36.1 Å². The van der Waals surface area contributed by atoms with E-state index in [2.05, 4.69) is 0 Å². The Hall–Kier alpha value is -3.08. The summed E-state index contributed by atoms with van der Waals surface area (Å²) in [6.45, 7) is 1.51. The van der Waals surface area contributed by atoms with Crippen molar-refractivity contribution in [1.29, 1.82) is 0 Å². The Bertz CT molecular complexity index is 1000. The number of benzene rings is 2. The Morgan fingerprint density at radius 2 is 1.69 bits per heavy atom. The molecular formula is C27H29NO4. The van der Waals surface area contributed by atoms with Crippen molar-refractivity contribution >= 4 is 23.5 Å². The highest BCUT2D eigenvalue weighted by Crippen LogP contribution is 2.42. The zero-order valence-corrected chi connectivity index (χ0v) is 18.2. The number of hydrogen-bond donors (Lipinski definition) is 0. The van der Waals surface area contributed by atoms with Crippen molar-refractivity contribution < 1.29 is 19.1 Å². The van der Waals surface area contributed by atoms with Gasteiger partial charge in [0.15, 0.2) is 11.5 Å². The molecule has 2 aromatic rings. The van der Waals surface area contributed by atoms with Gasteiger partial charge in [0.1, 0.15) is 19.0 Å². The van der Waals surface area contributed by atoms with Gasteiger partial charge in [0.05, 0.1) is 0 Å². The first-order valence-electron chi connectivity index (χ1n) is 11.7. The third kappa shape index (κ3) is 4.29. The Morgan fingerprint density at radius 3 is 2.44 bits per heavy atom. The number of anilines is 1. The molecule has 0 radical (unpaired) electrons. The van der Waals surface area contributed by atoms with Gasteiger partial charge in [-0.25, -0.2) is 0 Å². The van der Waals surface area contributed by atoms with Crippen LogP contribution < -0.4 is 14.4 Å². The van der Waals surface area contributed by atoms with E-state index in [1.54, 1.807) is 0 Å². The monoisotopic (exact) mass is 431 g/mol. The average Bonchev–Trinajstić information content (AvgIpc) is 2.82. The van der Waals surface area contributed by atoms with Crippen LogP contribution in [0.15, 0.2) is 54.6 Å². The van der Waals surface area contributed by atoms with Crippen LogP contribution in [0.3, 0.4) is 0 Å². The minimum absolute atomic E-state index is 0.0541. The van der Waals surface area contributed by atoms with Crippen LogP contribution in [0.2, 0.25) is 0 Å². The fourth-order valence-electron chi connectivity index (χ4n) is 5.28. The van der Waals surface area contributed by atoms with Gasteiger partial charge in [-0.05, 0) is 43.4 Å². The lowest BCUT2D eigenvalue weighted by atomic mass is 9.67. The summed E-state index contributed by atoms with van der Waals surface area (Å²) in [7, 11) is 0. The van der Waals surface area contributed by atoms with Crippen molar-refractivity contribution in [1.82, 2.24) is 0 Å². The number of amides is 1. The van der Waals surface area contributed by atoms with Gasteiger partial charge in [-0.3, -0.25) is 9.59 Å². The number of rotatable bonds is 5. The maximum absolute atomic E-state index is 13.8. The second-order valence-corrected chi connectivity index (χ2v) is 8.99. The maximum atomic E-state index is 13.8. The summed E-state index contributed by atoms with van der Waals surface area (Å²) in [5.41, 5.74) is 1.90. The van der Waals surface area contributed by atoms with E-state index in [1.165, 1.54) is 0 Å². The van der Waals surface area contributed by atoms with Crippen LogP contribution >= 0.6 is 0 Å². The number of Topliss-reactive ketones (excluding diaryl/α,β-unsaturated/α-hetero) is 1. The van der Waals surface area contributed by atoms with Gasteiger partial charge in [0.2, 0.25) is 5.91 Å². The molecule has 1 aliphatic heterocycles. The summed E-state index contributed by atoms with van der Waals surface area (Å²) in [4.78, 5) is 28.1. The third-order valence-electron chi connectivity index (χ3n) is 6.90. The van der Waals surface area contributed by atoms with Crippen LogP contribution in [0, 0.1) is 17.8 Å². The van der Waals surface area contributed by atoms with E-state index in [4.69, 9.17) is 9.47 Å². The van der Waals surface area contributed by atoms with Crippen LogP contribution in [-0.4, -0.2) is 31.4 Å². The highest BCUT2D eigenvalue weighted by molar-refractivity contribution is 5.97. The van der Waals surface area contributed by atoms with Crippen LogP contribution in [0.1, 0.15) is 37.7 Å². The highest BCUT2D eigenvalue weighted by atomic mass is 16.6. The number of nitrogens with zero attached hydrogens (tertiary/aromatic N) is 1. The smallest absolute Gasteiger partial charge is 0.230 e. The molecule has 166 valence electrons. The second kappa shape index (κ2) is 9.19.